The van der Waals surface area contributed by atoms with Crippen molar-refractivity contribution >= 4 is 0 Å². The van der Waals surface area contributed by atoms with Crippen LogP contribution in [0.4, 0.5) is 0 Å². The molecular weight excluding hydrogens is 126 g/mol. The van der Waals surface area contributed by atoms with E-state index in [0.717, 1.165) is 6.42 Å². The van der Waals surface area contributed by atoms with Gasteiger partial charge in [0.1, 0.15) is 0 Å². The van der Waals surface area contributed by atoms with E-state index in [-0.39, 0.29) is 11.6 Å². The van der Waals surface area contributed by atoms with E-state index >= 15 is 0 Å². The Morgan fingerprint density at radius 2 is 2.00 bits per heavy atom. The molecule has 0 amide bonds. The lowest BCUT2D eigenvalue weighted by Gasteiger charge is -2.25. The molecule has 0 aromatic rings. The molecular formula is C8H19NO. The summed E-state index contributed by atoms with van der Waals surface area (Å²) in [7, 11) is 0. The maximum Gasteiger partial charge on any atom is 0.0636 e. The van der Waals surface area contributed by atoms with E-state index in [2.05, 4.69) is 26.1 Å². The second kappa shape index (κ2) is 3.94. The number of hydrogen-bond acceptors (Lipinski definition) is 2. The van der Waals surface area contributed by atoms with E-state index in [1.54, 1.807) is 6.92 Å². The molecule has 0 saturated heterocycles. The fraction of sp³-hybridized carbons (Fsp3) is 1.00. The summed E-state index contributed by atoms with van der Waals surface area (Å²) < 4.78 is 0. The summed E-state index contributed by atoms with van der Waals surface area (Å²) in [5, 5.41) is 12.2. The zero-order valence-electron chi connectivity index (χ0n) is 7.44. The molecule has 0 aromatic heterocycles. The van der Waals surface area contributed by atoms with E-state index in [4.69, 9.17) is 5.11 Å². The molecule has 0 radical (unpaired) electrons. The largest absolute Gasteiger partial charge is 0.392 e. The van der Waals surface area contributed by atoms with Crippen molar-refractivity contribution < 1.29 is 5.11 Å². The molecule has 2 N–H and O–H groups in total. The molecule has 62 valence electrons. The Bertz CT molecular complexity index is 89.3. The van der Waals surface area contributed by atoms with E-state index in [9.17, 15) is 0 Å². The fourth-order valence-corrected chi connectivity index (χ4v) is 0.549. The highest BCUT2D eigenvalue weighted by Gasteiger charge is 2.13. The lowest BCUT2D eigenvalue weighted by atomic mass is 10.0. The third kappa shape index (κ3) is 4.77. The van der Waals surface area contributed by atoms with Gasteiger partial charge in [-0.2, -0.15) is 0 Å². The van der Waals surface area contributed by atoms with E-state index in [1.807, 2.05) is 0 Å². The molecule has 0 aromatic carbocycles. The Morgan fingerprint density at radius 1 is 1.50 bits per heavy atom. The van der Waals surface area contributed by atoms with Crippen molar-refractivity contribution in [2.75, 3.05) is 6.54 Å². The van der Waals surface area contributed by atoms with Crippen molar-refractivity contribution in [1.82, 2.24) is 5.32 Å². The molecule has 0 bridgehead atoms. The van der Waals surface area contributed by atoms with Crippen molar-refractivity contribution in [3.05, 3.63) is 0 Å². The Hall–Kier alpha value is -0.0800. The first-order valence-electron chi connectivity index (χ1n) is 3.91. The third-order valence-electron chi connectivity index (χ3n) is 1.76. The van der Waals surface area contributed by atoms with Crippen molar-refractivity contribution in [1.29, 1.82) is 0 Å². The molecule has 2 heteroatoms. The monoisotopic (exact) mass is 145 g/mol. The average Bonchev–Trinajstić information content (AvgIpc) is 1.85. The average molecular weight is 145 g/mol. The van der Waals surface area contributed by atoms with Gasteiger partial charge in [0.25, 0.3) is 0 Å². The standard InChI is InChI=1S/C8H19NO/c1-5-8(3,4)9-6-7(2)10/h7,9-10H,5-6H2,1-4H3/t7-/m0/s1. The zero-order valence-corrected chi connectivity index (χ0v) is 7.44. The lowest BCUT2D eigenvalue weighted by Crippen LogP contribution is -2.42. The quantitative estimate of drug-likeness (QED) is 0.622. The Balaban J connectivity index is 3.46. The molecule has 0 aliphatic heterocycles. The van der Waals surface area contributed by atoms with Gasteiger partial charge in [-0.3, -0.25) is 0 Å². The van der Waals surface area contributed by atoms with E-state index in [1.165, 1.54) is 0 Å². The molecule has 0 heterocycles. The van der Waals surface area contributed by atoms with Gasteiger partial charge in [-0.1, -0.05) is 6.92 Å². The van der Waals surface area contributed by atoms with Gasteiger partial charge in [-0.05, 0) is 27.2 Å². The van der Waals surface area contributed by atoms with Crippen LogP contribution in [0.5, 0.6) is 0 Å². The number of aliphatic hydroxyl groups is 1. The van der Waals surface area contributed by atoms with Gasteiger partial charge >= 0.3 is 0 Å². The second-order valence-electron chi connectivity index (χ2n) is 3.47. The molecule has 1 atom stereocenters. The smallest absolute Gasteiger partial charge is 0.0636 e. The van der Waals surface area contributed by atoms with Crippen LogP contribution in [0.25, 0.3) is 0 Å². The Morgan fingerprint density at radius 3 is 2.30 bits per heavy atom. The SMILES string of the molecule is CCC(C)(C)NC[C@H](C)O. The Kier molecular flexibility index (Phi) is 3.91. The van der Waals surface area contributed by atoms with Crippen LogP contribution in [0.3, 0.4) is 0 Å². The highest BCUT2D eigenvalue weighted by atomic mass is 16.3. The van der Waals surface area contributed by atoms with Crippen molar-refractivity contribution in [2.45, 2.75) is 45.8 Å². The van der Waals surface area contributed by atoms with Gasteiger partial charge in [-0.15, -0.1) is 0 Å². The van der Waals surface area contributed by atoms with Crippen LogP contribution in [0.15, 0.2) is 0 Å². The number of β-amino-alcohol motifs (C(OH)–C–C–N with tert-alkyl or cyclic N) is 1. The third-order valence-corrected chi connectivity index (χ3v) is 1.76. The molecule has 0 aliphatic rings. The minimum atomic E-state index is -0.245. The van der Waals surface area contributed by atoms with E-state index in [0.29, 0.717) is 6.54 Å². The summed E-state index contributed by atoms with van der Waals surface area (Å²) in [5.41, 5.74) is 0.164. The zero-order chi connectivity index (χ0) is 8.20. The van der Waals surface area contributed by atoms with Gasteiger partial charge in [0.2, 0.25) is 0 Å². The number of hydrogen-bond donors (Lipinski definition) is 2. The summed E-state index contributed by atoms with van der Waals surface area (Å²) in [6.07, 6.45) is 0.838. The van der Waals surface area contributed by atoms with Crippen LogP contribution in [-0.4, -0.2) is 23.3 Å². The van der Waals surface area contributed by atoms with Crippen LogP contribution >= 0.6 is 0 Å². The van der Waals surface area contributed by atoms with Crippen LogP contribution in [0.1, 0.15) is 34.1 Å². The van der Waals surface area contributed by atoms with Crippen molar-refractivity contribution in [3.63, 3.8) is 0 Å². The predicted octanol–water partition coefficient (Wildman–Crippen LogP) is 1.15. The molecule has 10 heavy (non-hydrogen) atoms. The van der Waals surface area contributed by atoms with Gasteiger partial charge in [0.15, 0.2) is 0 Å². The number of nitrogens with one attached hydrogen (secondary N) is 1. The summed E-state index contributed by atoms with van der Waals surface area (Å²) in [4.78, 5) is 0. The summed E-state index contributed by atoms with van der Waals surface area (Å²) in [5.74, 6) is 0. The maximum absolute atomic E-state index is 8.95. The molecule has 0 saturated carbocycles. The first kappa shape index (κ1) is 9.92. The maximum atomic E-state index is 8.95. The molecule has 0 rings (SSSR count). The van der Waals surface area contributed by atoms with Gasteiger partial charge in [-0.25, -0.2) is 0 Å². The molecule has 0 spiro atoms. The number of aliphatic hydroxyl groups excluding tert-OH is 1. The normalized spacial score (nSPS) is 15.3. The van der Waals surface area contributed by atoms with Crippen LogP contribution in [-0.2, 0) is 0 Å². The summed E-state index contributed by atoms with van der Waals surface area (Å²) in [6, 6.07) is 0. The summed E-state index contributed by atoms with van der Waals surface area (Å²) >= 11 is 0. The van der Waals surface area contributed by atoms with Crippen LogP contribution in [0, 0.1) is 0 Å². The Labute approximate surface area is 63.6 Å². The topological polar surface area (TPSA) is 32.3 Å². The van der Waals surface area contributed by atoms with E-state index < -0.39 is 0 Å². The summed E-state index contributed by atoms with van der Waals surface area (Å²) in [6.45, 7) is 8.87. The van der Waals surface area contributed by atoms with Crippen LogP contribution < -0.4 is 5.32 Å². The fourth-order valence-electron chi connectivity index (χ4n) is 0.549. The highest BCUT2D eigenvalue weighted by molar-refractivity contribution is 4.75. The van der Waals surface area contributed by atoms with Crippen molar-refractivity contribution in [2.24, 2.45) is 0 Å². The minimum Gasteiger partial charge on any atom is -0.392 e. The van der Waals surface area contributed by atoms with Gasteiger partial charge < -0.3 is 10.4 Å². The molecule has 0 unspecified atom stereocenters. The lowest BCUT2D eigenvalue weighted by molar-refractivity contribution is 0.175. The predicted molar refractivity (Wildman–Crippen MR) is 44.1 cm³/mol. The first-order chi connectivity index (χ1) is 4.48. The van der Waals surface area contributed by atoms with Gasteiger partial charge in [0, 0.05) is 12.1 Å². The minimum absolute atomic E-state index is 0.164. The van der Waals surface area contributed by atoms with Gasteiger partial charge in [0.05, 0.1) is 6.10 Å². The highest BCUT2D eigenvalue weighted by Crippen LogP contribution is 2.05. The molecule has 2 nitrogen and oxygen atoms in total. The molecule has 0 aliphatic carbocycles. The van der Waals surface area contributed by atoms with Crippen molar-refractivity contribution in [3.8, 4) is 0 Å². The number of rotatable bonds is 4. The van der Waals surface area contributed by atoms with Crippen LogP contribution in [0.2, 0.25) is 0 Å². The second-order valence-corrected chi connectivity index (χ2v) is 3.47. The first-order valence-corrected chi connectivity index (χ1v) is 3.91. The molecule has 0 fully saturated rings.